The Hall–Kier alpha value is -3.73. The van der Waals surface area contributed by atoms with Gasteiger partial charge in [-0.05, 0) is 25.1 Å². The van der Waals surface area contributed by atoms with Gasteiger partial charge in [-0.3, -0.25) is 19.6 Å². The molecule has 0 saturated carbocycles. The lowest BCUT2D eigenvalue weighted by atomic mass is 10.1. The molecule has 1 aliphatic heterocycles. The fraction of sp³-hybridized carbons (Fsp3) is 0.333. The molecule has 0 spiro atoms. The van der Waals surface area contributed by atoms with Crippen molar-refractivity contribution in [1.82, 2.24) is 20.1 Å². The van der Waals surface area contributed by atoms with Gasteiger partial charge in [0.15, 0.2) is 5.82 Å². The number of piperazine rings is 1. The summed E-state index contributed by atoms with van der Waals surface area (Å²) in [6.45, 7) is 2.58. The van der Waals surface area contributed by atoms with Crippen molar-refractivity contribution in [2.24, 2.45) is 0 Å². The van der Waals surface area contributed by atoms with Crippen LogP contribution in [-0.2, 0) is 11.3 Å². The standard InChI is InChI=1S/C21H25FN6O4/c1-13-6-7-15(10-24-13)25-20(30)26-16-5-3-4-14(18(16)22)11-27-8-9-28(21(31)32)17(12-27)19(29)23-2/h3-7,10,17H,8-9,11-12H2,1-2H3,(H,23,29)(H,31,32)(H2,25,26,30)/t17-/m1/s1. The van der Waals surface area contributed by atoms with Crippen LogP contribution in [0.15, 0.2) is 36.5 Å². The minimum Gasteiger partial charge on any atom is -0.465 e. The molecule has 1 aromatic heterocycles. The Labute approximate surface area is 184 Å². The van der Waals surface area contributed by atoms with Crippen LogP contribution in [0.2, 0.25) is 0 Å². The Morgan fingerprint density at radius 3 is 2.62 bits per heavy atom. The zero-order valence-electron chi connectivity index (χ0n) is 17.8. The molecule has 3 rings (SSSR count). The van der Waals surface area contributed by atoms with E-state index in [1.807, 2.05) is 6.92 Å². The molecule has 2 heterocycles. The maximum Gasteiger partial charge on any atom is 0.408 e. The van der Waals surface area contributed by atoms with Gasteiger partial charge >= 0.3 is 12.1 Å². The maximum absolute atomic E-state index is 15.0. The average molecular weight is 444 g/mol. The highest BCUT2D eigenvalue weighted by atomic mass is 19.1. The second kappa shape index (κ2) is 10.1. The Morgan fingerprint density at radius 2 is 1.97 bits per heavy atom. The number of urea groups is 1. The highest BCUT2D eigenvalue weighted by molar-refractivity contribution is 5.99. The van der Waals surface area contributed by atoms with E-state index >= 15 is 4.39 Å². The van der Waals surface area contributed by atoms with Crippen molar-refractivity contribution in [2.75, 3.05) is 37.3 Å². The smallest absolute Gasteiger partial charge is 0.408 e. The van der Waals surface area contributed by atoms with Crippen molar-refractivity contribution < 1.29 is 23.9 Å². The van der Waals surface area contributed by atoms with Gasteiger partial charge in [-0.25, -0.2) is 14.0 Å². The normalized spacial score (nSPS) is 16.3. The molecular weight excluding hydrogens is 419 g/mol. The van der Waals surface area contributed by atoms with Crippen LogP contribution in [0.3, 0.4) is 0 Å². The topological polar surface area (TPSA) is 127 Å². The number of benzene rings is 1. The summed E-state index contributed by atoms with van der Waals surface area (Å²) in [5.41, 5.74) is 1.60. The van der Waals surface area contributed by atoms with Gasteiger partial charge in [-0.2, -0.15) is 0 Å². The zero-order valence-corrected chi connectivity index (χ0v) is 17.8. The minimum absolute atomic E-state index is 0.00657. The van der Waals surface area contributed by atoms with Crippen LogP contribution in [0.5, 0.6) is 0 Å². The molecule has 1 aliphatic rings. The predicted octanol–water partition coefficient (Wildman–Crippen LogP) is 2.08. The van der Waals surface area contributed by atoms with Crippen LogP contribution in [0, 0.1) is 12.7 Å². The number of aromatic nitrogens is 1. The van der Waals surface area contributed by atoms with E-state index in [9.17, 15) is 19.5 Å². The summed E-state index contributed by atoms with van der Waals surface area (Å²) < 4.78 is 15.0. The van der Waals surface area contributed by atoms with Gasteiger partial charge in [0.25, 0.3) is 0 Å². The number of halogens is 1. The summed E-state index contributed by atoms with van der Waals surface area (Å²) in [5, 5.41) is 16.9. The maximum atomic E-state index is 15.0. The third-order valence-electron chi connectivity index (χ3n) is 5.15. The summed E-state index contributed by atoms with van der Waals surface area (Å²) >= 11 is 0. The van der Waals surface area contributed by atoms with Crippen LogP contribution in [-0.4, -0.2) is 70.6 Å². The van der Waals surface area contributed by atoms with Crippen LogP contribution in [0.1, 0.15) is 11.3 Å². The largest absolute Gasteiger partial charge is 0.465 e. The van der Waals surface area contributed by atoms with E-state index in [0.29, 0.717) is 17.8 Å². The van der Waals surface area contributed by atoms with Crippen molar-refractivity contribution in [2.45, 2.75) is 19.5 Å². The van der Waals surface area contributed by atoms with E-state index in [4.69, 9.17) is 0 Å². The molecule has 4 N–H and O–H groups in total. The van der Waals surface area contributed by atoms with Crippen LogP contribution >= 0.6 is 0 Å². The van der Waals surface area contributed by atoms with Gasteiger partial charge in [0.05, 0.1) is 17.6 Å². The number of carbonyl (C=O) groups is 3. The molecule has 0 unspecified atom stereocenters. The number of hydrogen-bond acceptors (Lipinski definition) is 5. The number of carboxylic acid groups (broad SMARTS) is 1. The summed E-state index contributed by atoms with van der Waals surface area (Å²) in [4.78, 5) is 42.7. The monoisotopic (exact) mass is 444 g/mol. The number of hydrogen-bond donors (Lipinski definition) is 4. The molecule has 4 amide bonds. The fourth-order valence-electron chi connectivity index (χ4n) is 3.47. The van der Waals surface area contributed by atoms with Crippen molar-refractivity contribution in [1.29, 1.82) is 0 Å². The number of anilines is 2. The number of likely N-dealkylation sites (N-methyl/N-ethyl adjacent to an activating group) is 1. The first-order chi connectivity index (χ1) is 15.3. The number of aryl methyl sites for hydroxylation is 1. The quantitative estimate of drug-likeness (QED) is 0.559. The lowest BCUT2D eigenvalue weighted by Gasteiger charge is -2.38. The first-order valence-corrected chi connectivity index (χ1v) is 10.00. The van der Waals surface area contributed by atoms with Crippen molar-refractivity contribution >= 4 is 29.4 Å². The Kier molecular flexibility index (Phi) is 7.21. The van der Waals surface area contributed by atoms with E-state index < -0.39 is 29.9 Å². The summed E-state index contributed by atoms with van der Waals surface area (Å²) in [5.74, 6) is -1.02. The fourth-order valence-corrected chi connectivity index (χ4v) is 3.47. The molecule has 32 heavy (non-hydrogen) atoms. The van der Waals surface area contributed by atoms with Gasteiger partial charge in [-0.15, -0.1) is 0 Å². The molecule has 1 fully saturated rings. The van der Waals surface area contributed by atoms with Gasteiger partial charge in [-0.1, -0.05) is 12.1 Å². The predicted molar refractivity (Wildman–Crippen MR) is 116 cm³/mol. The molecule has 11 heteroatoms. The van der Waals surface area contributed by atoms with E-state index in [0.717, 1.165) is 10.6 Å². The first-order valence-electron chi connectivity index (χ1n) is 10.00. The lowest BCUT2D eigenvalue weighted by molar-refractivity contribution is -0.127. The van der Waals surface area contributed by atoms with Gasteiger partial charge < -0.3 is 21.1 Å². The molecule has 10 nitrogen and oxygen atoms in total. The lowest BCUT2D eigenvalue weighted by Crippen LogP contribution is -2.59. The first kappa shape index (κ1) is 22.9. The molecule has 2 aromatic rings. The molecular formula is C21H25FN6O4. The Bertz CT molecular complexity index is 1000. The summed E-state index contributed by atoms with van der Waals surface area (Å²) in [6, 6.07) is 6.58. The van der Waals surface area contributed by atoms with Crippen molar-refractivity contribution in [3.05, 3.63) is 53.6 Å². The average Bonchev–Trinajstić information content (AvgIpc) is 2.77. The highest BCUT2D eigenvalue weighted by Crippen LogP contribution is 2.22. The summed E-state index contributed by atoms with van der Waals surface area (Å²) in [6.07, 6.45) is 0.326. The molecule has 0 radical (unpaired) electrons. The molecule has 0 bridgehead atoms. The third-order valence-corrected chi connectivity index (χ3v) is 5.15. The Balaban J connectivity index is 1.67. The van der Waals surface area contributed by atoms with E-state index in [-0.39, 0.29) is 25.3 Å². The Morgan fingerprint density at radius 1 is 1.19 bits per heavy atom. The van der Waals surface area contributed by atoms with Crippen molar-refractivity contribution in [3.8, 4) is 0 Å². The second-order valence-corrected chi connectivity index (χ2v) is 7.39. The third kappa shape index (κ3) is 5.49. The number of nitrogens with one attached hydrogen (secondary N) is 3. The van der Waals surface area contributed by atoms with E-state index in [2.05, 4.69) is 20.9 Å². The van der Waals surface area contributed by atoms with Gasteiger partial charge in [0.2, 0.25) is 5.91 Å². The van der Waals surface area contributed by atoms with E-state index in [1.54, 1.807) is 29.2 Å². The minimum atomic E-state index is -1.18. The summed E-state index contributed by atoms with van der Waals surface area (Å²) in [7, 11) is 1.44. The number of carbonyl (C=O) groups excluding carboxylic acids is 2. The molecule has 170 valence electrons. The SMILES string of the molecule is CNC(=O)[C@H]1CN(Cc2cccc(NC(=O)Nc3ccc(C)nc3)c2F)CCN1C(=O)O. The number of rotatable bonds is 5. The van der Waals surface area contributed by atoms with Crippen molar-refractivity contribution in [3.63, 3.8) is 0 Å². The molecule has 0 aliphatic carbocycles. The highest BCUT2D eigenvalue weighted by Gasteiger charge is 2.35. The van der Waals surface area contributed by atoms with Crippen LogP contribution < -0.4 is 16.0 Å². The van der Waals surface area contributed by atoms with E-state index in [1.165, 1.54) is 19.3 Å². The number of amides is 4. The molecule has 1 saturated heterocycles. The number of nitrogens with zero attached hydrogens (tertiary/aromatic N) is 3. The number of pyridine rings is 1. The van der Waals surface area contributed by atoms with Crippen LogP contribution in [0.25, 0.3) is 0 Å². The zero-order chi connectivity index (χ0) is 23.3. The van der Waals surface area contributed by atoms with Gasteiger partial charge in [0.1, 0.15) is 6.04 Å². The molecule has 1 atom stereocenters. The second-order valence-electron chi connectivity index (χ2n) is 7.39. The van der Waals surface area contributed by atoms with Gasteiger partial charge in [0, 0.05) is 44.5 Å². The van der Waals surface area contributed by atoms with Crippen LogP contribution in [0.4, 0.5) is 25.4 Å². The molecule has 1 aromatic carbocycles.